The zero-order valence-corrected chi connectivity index (χ0v) is 7.10. The standard InChI is InChI=1S/C6H11NO3.ClH/c1-9-6(8)5(7)4-2-10-3-4;/h4-5H,2-3,7H2,1H3;1H. The van der Waals surface area contributed by atoms with E-state index in [-0.39, 0.29) is 24.3 Å². The number of nitrogens with two attached hydrogens (primary N) is 1. The predicted molar refractivity (Wildman–Crippen MR) is 41.5 cm³/mol. The van der Waals surface area contributed by atoms with Crippen molar-refractivity contribution in [3.63, 3.8) is 0 Å². The van der Waals surface area contributed by atoms with Gasteiger partial charge in [0.1, 0.15) is 6.04 Å². The molecular formula is C6H12ClNO3. The quantitative estimate of drug-likeness (QED) is 0.587. The van der Waals surface area contributed by atoms with E-state index in [4.69, 9.17) is 10.5 Å². The molecule has 1 saturated heterocycles. The summed E-state index contributed by atoms with van der Waals surface area (Å²) in [5, 5.41) is 0. The minimum absolute atomic E-state index is 0. The van der Waals surface area contributed by atoms with Gasteiger partial charge in [-0.25, -0.2) is 0 Å². The van der Waals surface area contributed by atoms with E-state index in [0.717, 1.165) is 0 Å². The summed E-state index contributed by atoms with van der Waals surface area (Å²) >= 11 is 0. The van der Waals surface area contributed by atoms with Gasteiger partial charge in [-0.2, -0.15) is 0 Å². The van der Waals surface area contributed by atoms with Gasteiger partial charge in [-0.3, -0.25) is 4.79 Å². The molecule has 11 heavy (non-hydrogen) atoms. The highest BCUT2D eigenvalue weighted by molar-refractivity contribution is 5.85. The lowest BCUT2D eigenvalue weighted by Gasteiger charge is -2.29. The minimum Gasteiger partial charge on any atom is -0.468 e. The van der Waals surface area contributed by atoms with Crippen LogP contribution in [0.1, 0.15) is 0 Å². The van der Waals surface area contributed by atoms with E-state index in [9.17, 15) is 4.79 Å². The van der Waals surface area contributed by atoms with Crippen LogP contribution in [0.25, 0.3) is 0 Å². The second-order valence-corrected chi connectivity index (χ2v) is 2.35. The molecule has 1 aliphatic rings. The summed E-state index contributed by atoms with van der Waals surface area (Å²) in [5.41, 5.74) is 5.48. The molecule has 0 bridgehead atoms. The summed E-state index contributed by atoms with van der Waals surface area (Å²) in [6.07, 6.45) is 0. The summed E-state index contributed by atoms with van der Waals surface area (Å²) in [5.74, 6) is -0.194. The highest BCUT2D eigenvalue weighted by atomic mass is 35.5. The van der Waals surface area contributed by atoms with Crippen molar-refractivity contribution in [3.05, 3.63) is 0 Å². The molecule has 66 valence electrons. The minimum atomic E-state index is -0.501. The number of esters is 1. The van der Waals surface area contributed by atoms with Gasteiger partial charge in [0.2, 0.25) is 0 Å². The Morgan fingerprint density at radius 1 is 1.73 bits per heavy atom. The van der Waals surface area contributed by atoms with Crippen molar-refractivity contribution in [1.29, 1.82) is 0 Å². The fourth-order valence-electron chi connectivity index (χ4n) is 0.790. The Labute approximate surface area is 71.4 Å². The number of carbonyl (C=O) groups excluding carboxylic acids is 1. The maximum atomic E-state index is 10.7. The van der Waals surface area contributed by atoms with Crippen molar-refractivity contribution in [2.75, 3.05) is 20.3 Å². The van der Waals surface area contributed by atoms with Crippen molar-refractivity contribution in [2.45, 2.75) is 6.04 Å². The maximum absolute atomic E-state index is 10.7. The lowest BCUT2D eigenvalue weighted by atomic mass is 9.99. The molecule has 1 heterocycles. The smallest absolute Gasteiger partial charge is 0.323 e. The lowest BCUT2D eigenvalue weighted by molar-refractivity contribution is -0.149. The van der Waals surface area contributed by atoms with E-state index in [1.807, 2.05) is 0 Å². The molecule has 1 unspecified atom stereocenters. The summed E-state index contributed by atoms with van der Waals surface area (Å²) < 4.78 is 9.31. The van der Waals surface area contributed by atoms with Crippen LogP contribution in [-0.4, -0.2) is 32.3 Å². The normalized spacial score (nSPS) is 19.5. The molecule has 1 aliphatic heterocycles. The second-order valence-electron chi connectivity index (χ2n) is 2.35. The van der Waals surface area contributed by atoms with Crippen molar-refractivity contribution < 1.29 is 14.3 Å². The van der Waals surface area contributed by atoms with Crippen LogP contribution in [0.4, 0.5) is 0 Å². The number of ether oxygens (including phenoxy) is 2. The van der Waals surface area contributed by atoms with Gasteiger partial charge in [0, 0.05) is 5.92 Å². The van der Waals surface area contributed by atoms with Crippen LogP contribution in [0.3, 0.4) is 0 Å². The van der Waals surface area contributed by atoms with Crippen LogP contribution in [0.2, 0.25) is 0 Å². The van der Waals surface area contributed by atoms with Gasteiger partial charge in [0.15, 0.2) is 0 Å². The second kappa shape index (κ2) is 4.54. The topological polar surface area (TPSA) is 61.5 Å². The molecule has 0 aliphatic carbocycles. The van der Waals surface area contributed by atoms with Crippen LogP contribution in [0.5, 0.6) is 0 Å². The first-order valence-corrected chi connectivity index (χ1v) is 3.17. The molecule has 1 atom stereocenters. The fraction of sp³-hybridized carbons (Fsp3) is 0.833. The SMILES string of the molecule is COC(=O)C(N)C1COC1.Cl. The molecule has 0 radical (unpaired) electrons. The van der Waals surface area contributed by atoms with Crippen LogP contribution in [-0.2, 0) is 14.3 Å². The average molecular weight is 182 g/mol. The van der Waals surface area contributed by atoms with Crippen LogP contribution >= 0.6 is 12.4 Å². The third-order valence-electron chi connectivity index (χ3n) is 1.65. The molecule has 0 aromatic carbocycles. The van der Waals surface area contributed by atoms with Gasteiger partial charge in [0.25, 0.3) is 0 Å². The van der Waals surface area contributed by atoms with Crippen molar-refractivity contribution in [3.8, 4) is 0 Å². The van der Waals surface area contributed by atoms with Crippen molar-refractivity contribution >= 4 is 18.4 Å². The van der Waals surface area contributed by atoms with Gasteiger partial charge >= 0.3 is 5.97 Å². The first kappa shape index (κ1) is 10.7. The lowest BCUT2D eigenvalue weighted by Crippen LogP contribution is -2.48. The number of carbonyl (C=O) groups is 1. The van der Waals surface area contributed by atoms with E-state index in [2.05, 4.69) is 4.74 Å². The van der Waals surface area contributed by atoms with Gasteiger partial charge in [-0.1, -0.05) is 0 Å². The fourth-order valence-corrected chi connectivity index (χ4v) is 0.790. The number of rotatable bonds is 2. The molecule has 0 saturated carbocycles. The van der Waals surface area contributed by atoms with Crippen LogP contribution in [0.15, 0.2) is 0 Å². The molecule has 5 heteroatoms. The largest absolute Gasteiger partial charge is 0.468 e. The predicted octanol–water partition coefficient (Wildman–Crippen LogP) is -0.445. The maximum Gasteiger partial charge on any atom is 0.323 e. The Morgan fingerprint density at radius 2 is 2.27 bits per heavy atom. The van der Waals surface area contributed by atoms with Crippen molar-refractivity contribution in [1.82, 2.24) is 0 Å². The Morgan fingerprint density at radius 3 is 2.55 bits per heavy atom. The molecular weight excluding hydrogens is 170 g/mol. The average Bonchev–Trinajstić information content (AvgIpc) is 1.82. The van der Waals surface area contributed by atoms with Gasteiger partial charge < -0.3 is 15.2 Å². The first-order chi connectivity index (χ1) is 4.75. The molecule has 1 rings (SSSR count). The monoisotopic (exact) mass is 181 g/mol. The number of hydrogen-bond donors (Lipinski definition) is 1. The summed E-state index contributed by atoms with van der Waals surface area (Å²) in [6.45, 7) is 1.16. The first-order valence-electron chi connectivity index (χ1n) is 3.17. The third-order valence-corrected chi connectivity index (χ3v) is 1.65. The van der Waals surface area contributed by atoms with Crippen LogP contribution < -0.4 is 5.73 Å². The van der Waals surface area contributed by atoms with Gasteiger partial charge in [-0.05, 0) is 0 Å². The summed E-state index contributed by atoms with van der Waals surface area (Å²) in [4.78, 5) is 10.7. The zero-order chi connectivity index (χ0) is 7.56. The number of hydrogen-bond acceptors (Lipinski definition) is 4. The highest BCUT2D eigenvalue weighted by Gasteiger charge is 2.31. The van der Waals surface area contributed by atoms with E-state index in [1.54, 1.807) is 0 Å². The van der Waals surface area contributed by atoms with Crippen LogP contribution in [0, 0.1) is 5.92 Å². The third kappa shape index (κ3) is 2.32. The van der Waals surface area contributed by atoms with Gasteiger partial charge in [0.05, 0.1) is 20.3 Å². The number of halogens is 1. The van der Waals surface area contributed by atoms with Gasteiger partial charge in [-0.15, -0.1) is 12.4 Å². The molecule has 0 aromatic rings. The molecule has 2 N–H and O–H groups in total. The number of methoxy groups -OCH3 is 1. The molecule has 0 amide bonds. The van der Waals surface area contributed by atoms with E-state index >= 15 is 0 Å². The van der Waals surface area contributed by atoms with E-state index < -0.39 is 6.04 Å². The Bertz CT molecular complexity index is 138. The molecule has 4 nitrogen and oxygen atoms in total. The molecule has 1 fully saturated rings. The highest BCUT2D eigenvalue weighted by Crippen LogP contribution is 2.13. The molecule has 0 aromatic heterocycles. The summed E-state index contributed by atoms with van der Waals surface area (Å²) in [6, 6.07) is -0.501. The molecule has 0 spiro atoms. The van der Waals surface area contributed by atoms with E-state index in [1.165, 1.54) is 7.11 Å². The van der Waals surface area contributed by atoms with E-state index in [0.29, 0.717) is 13.2 Å². The van der Waals surface area contributed by atoms with Crippen molar-refractivity contribution in [2.24, 2.45) is 11.7 Å². The Hall–Kier alpha value is -0.320. The summed E-state index contributed by atoms with van der Waals surface area (Å²) in [7, 11) is 1.34. The Kier molecular flexibility index (Phi) is 4.40. The Balaban J connectivity index is 0.000001000. The zero-order valence-electron chi connectivity index (χ0n) is 6.28.